The van der Waals surface area contributed by atoms with Crippen LogP contribution in [-0.2, 0) is 0 Å². The van der Waals surface area contributed by atoms with Gasteiger partial charge in [0.15, 0.2) is 0 Å². The molecule has 2 aromatic rings. The smallest absolute Gasteiger partial charge is 0.221 e. The number of benzene rings is 1. The summed E-state index contributed by atoms with van der Waals surface area (Å²) in [5.41, 5.74) is 7.40. The number of hydrogen-bond acceptors (Lipinski definition) is 3. The van der Waals surface area contributed by atoms with Crippen molar-refractivity contribution in [3.63, 3.8) is 0 Å². The maximum atomic E-state index is 5.77. The molecule has 1 aromatic heterocycles. The van der Waals surface area contributed by atoms with Crippen molar-refractivity contribution in [2.45, 2.75) is 6.92 Å². The first-order valence-corrected chi connectivity index (χ1v) is 5.60. The van der Waals surface area contributed by atoms with E-state index < -0.39 is 0 Å². The van der Waals surface area contributed by atoms with E-state index in [1.807, 2.05) is 31.2 Å². The van der Waals surface area contributed by atoms with E-state index in [2.05, 4.69) is 20.9 Å². The largest absolute Gasteiger partial charge is 0.439 e. The van der Waals surface area contributed by atoms with Gasteiger partial charge in [-0.2, -0.15) is 0 Å². The highest BCUT2D eigenvalue weighted by atomic mass is 79.9. The van der Waals surface area contributed by atoms with Crippen molar-refractivity contribution in [3.05, 3.63) is 46.6 Å². The molecule has 0 saturated carbocycles. The topological polar surface area (TPSA) is 48.1 Å². The molecule has 2 N–H and O–H groups in total. The minimum Gasteiger partial charge on any atom is -0.439 e. The number of anilines is 1. The van der Waals surface area contributed by atoms with Crippen molar-refractivity contribution in [2.75, 3.05) is 5.73 Å². The molecule has 16 heavy (non-hydrogen) atoms. The van der Waals surface area contributed by atoms with Gasteiger partial charge < -0.3 is 10.5 Å². The molecule has 0 fully saturated rings. The molecule has 2 rings (SSSR count). The molecule has 82 valence electrons. The minimum atomic E-state index is 0.501. The molecule has 0 aliphatic heterocycles. The highest BCUT2D eigenvalue weighted by molar-refractivity contribution is 9.10. The van der Waals surface area contributed by atoms with Crippen molar-refractivity contribution >= 4 is 21.6 Å². The molecule has 0 aliphatic rings. The Balaban J connectivity index is 2.24. The maximum absolute atomic E-state index is 5.77. The number of pyridine rings is 1. The minimum absolute atomic E-state index is 0.501. The number of halogens is 1. The Morgan fingerprint density at radius 1 is 1.31 bits per heavy atom. The first-order chi connectivity index (χ1) is 7.65. The Hall–Kier alpha value is -1.55. The number of nitrogens with two attached hydrogens (primary N) is 1. The molecule has 0 radical (unpaired) electrons. The van der Waals surface area contributed by atoms with Crippen molar-refractivity contribution in [3.8, 4) is 11.6 Å². The molecule has 4 heteroatoms. The summed E-state index contributed by atoms with van der Waals surface area (Å²) < 4.78 is 6.54. The summed E-state index contributed by atoms with van der Waals surface area (Å²) >= 11 is 3.38. The highest BCUT2D eigenvalue weighted by Crippen LogP contribution is 2.24. The van der Waals surface area contributed by atoms with Crippen LogP contribution in [0.2, 0.25) is 0 Å². The highest BCUT2D eigenvalue weighted by Gasteiger charge is 2.01. The molecule has 3 nitrogen and oxygen atoms in total. The van der Waals surface area contributed by atoms with Crippen LogP contribution in [0, 0.1) is 6.92 Å². The second kappa shape index (κ2) is 4.53. The van der Waals surface area contributed by atoms with Gasteiger partial charge in [-0.25, -0.2) is 4.98 Å². The average Bonchev–Trinajstić information content (AvgIpc) is 2.24. The van der Waals surface area contributed by atoms with Gasteiger partial charge in [0.25, 0.3) is 0 Å². The predicted octanol–water partition coefficient (Wildman–Crippen LogP) is 3.53. The van der Waals surface area contributed by atoms with Crippen LogP contribution in [0.5, 0.6) is 11.6 Å². The van der Waals surface area contributed by atoms with Crippen LogP contribution < -0.4 is 10.5 Å². The van der Waals surface area contributed by atoms with Gasteiger partial charge in [-0.1, -0.05) is 22.0 Å². The number of hydrogen-bond donors (Lipinski definition) is 1. The van der Waals surface area contributed by atoms with Crippen LogP contribution in [0.1, 0.15) is 5.56 Å². The Labute approximate surface area is 102 Å². The van der Waals surface area contributed by atoms with Gasteiger partial charge in [-0.15, -0.1) is 0 Å². The van der Waals surface area contributed by atoms with E-state index in [0.717, 1.165) is 15.8 Å². The van der Waals surface area contributed by atoms with Gasteiger partial charge in [0.1, 0.15) is 5.75 Å². The van der Waals surface area contributed by atoms with E-state index >= 15 is 0 Å². The standard InChI is InChI=1S/C12H11BrN2O/c1-8-7-15-12(6-11(8)14)16-10-4-2-3-9(13)5-10/h2-7H,1H3,(H2,14,15). The molecule has 0 amide bonds. The first-order valence-electron chi connectivity index (χ1n) is 4.81. The monoisotopic (exact) mass is 278 g/mol. The first kappa shape index (κ1) is 11.0. The van der Waals surface area contributed by atoms with Crippen molar-refractivity contribution in [2.24, 2.45) is 0 Å². The van der Waals surface area contributed by atoms with Crippen LogP contribution >= 0.6 is 15.9 Å². The average molecular weight is 279 g/mol. The van der Waals surface area contributed by atoms with E-state index in [9.17, 15) is 0 Å². The Bertz CT molecular complexity index is 514. The summed E-state index contributed by atoms with van der Waals surface area (Å²) in [4.78, 5) is 4.15. The number of aromatic nitrogens is 1. The zero-order chi connectivity index (χ0) is 11.5. The van der Waals surface area contributed by atoms with Gasteiger partial charge in [0.2, 0.25) is 5.88 Å². The van der Waals surface area contributed by atoms with Crippen molar-refractivity contribution in [1.29, 1.82) is 0 Å². The molecule has 0 unspecified atom stereocenters. The van der Waals surface area contributed by atoms with E-state index in [-0.39, 0.29) is 0 Å². The lowest BCUT2D eigenvalue weighted by molar-refractivity contribution is 0.463. The molecule has 0 aliphatic carbocycles. The van der Waals surface area contributed by atoms with E-state index in [1.54, 1.807) is 12.3 Å². The lowest BCUT2D eigenvalue weighted by Crippen LogP contribution is -1.93. The summed E-state index contributed by atoms with van der Waals surface area (Å²) in [6, 6.07) is 9.29. The summed E-state index contributed by atoms with van der Waals surface area (Å²) in [6.07, 6.45) is 1.70. The van der Waals surface area contributed by atoms with Gasteiger partial charge >= 0.3 is 0 Å². The van der Waals surface area contributed by atoms with Gasteiger partial charge in [-0.05, 0) is 30.7 Å². The zero-order valence-electron chi connectivity index (χ0n) is 8.77. The quantitative estimate of drug-likeness (QED) is 0.914. The van der Waals surface area contributed by atoms with Crippen molar-refractivity contribution in [1.82, 2.24) is 4.98 Å². The zero-order valence-corrected chi connectivity index (χ0v) is 10.4. The third-order valence-corrected chi connectivity index (χ3v) is 2.63. The lowest BCUT2D eigenvalue weighted by Gasteiger charge is -2.06. The molecule has 0 atom stereocenters. The van der Waals surface area contributed by atoms with Crippen LogP contribution in [-0.4, -0.2) is 4.98 Å². The van der Waals surface area contributed by atoms with Crippen LogP contribution in [0.15, 0.2) is 41.0 Å². The Kier molecular flexibility index (Phi) is 3.10. The summed E-state index contributed by atoms with van der Waals surface area (Å²) in [5.74, 6) is 1.23. The van der Waals surface area contributed by atoms with Gasteiger partial charge in [0, 0.05) is 22.4 Å². The second-order valence-corrected chi connectivity index (χ2v) is 4.35. The molecule has 1 aromatic carbocycles. The number of aryl methyl sites for hydroxylation is 1. The normalized spacial score (nSPS) is 10.1. The fourth-order valence-electron chi connectivity index (χ4n) is 1.23. The molecule has 0 bridgehead atoms. The van der Waals surface area contributed by atoms with E-state index in [1.165, 1.54) is 0 Å². The van der Waals surface area contributed by atoms with E-state index in [0.29, 0.717) is 11.6 Å². The maximum Gasteiger partial charge on any atom is 0.221 e. The van der Waals surface area contributed by atoms with E-state index in [4.69, 9.17) is 10.5 Å². The SMILES string of the molecule is Cc1cnc(Oc2cccc(Br)c2)cc1N. The molecular weight excluding hydrogens is 268 g/mol. The van der Waals surface area contributed by atoms with Gasteiger partial charge in [0.05, 0.1) is 0 Å². The van der Waals surface area contributed by atoms with Crippen LogP contribution in [0.25, 0.3) is 0 Å². The fourth-order valence-corrected chi connectivity index (χ4v) is 1.60. The predicted molar refractivity (Wildman–Crippen MR) is 67.6 cm³/mol. The molecule has 0 spiro atoms. The number of ether oxygens (including phenoxy) is 1. The third-order valence-electron chi connectivity index (χ3n) is 2.14. The number of nitrogen functional groups attached to an aromatic ring is 1. The number of rotatable bonds is 2. The van der Waals surface area contributed by atoms with Crippen LogP contribution in [0.4, 0.5) is 5.69 Å². The lowest BCUT2D eigenvalue weighted by atomic mass is 10.3. The van der Waals surface area contributed by atoms with Gasteiger partial charge in [-0.3, -0.25) is 0 Å². The Morgan fingerprint density at radius 2 is 2.12 bits per heavy atom. The molecular formula is C12H11BrN2O. The van der Waals surface area contributed by atoms with Crippen LogP contribution in [0.3, 0.4) is 0 Å². The molecule has 1 heterocycles. The molecule has 0 saturated heterocycles. The summed E-state index contributed by atoms with van der Waals surface area (Å²) in [6.45, 7) is 1.91. The summed E-state index contributed by atoms with van der Waals surface area (Å²) in [5, 5.41) is 0. The second-order valence-electron chi connectivity index (χ2n) is 3.44. The van der Waals surface area contributed by atoms with Crippen molar-refractivity contribution < 1.29 is 4.74 Å². The third kappa shape index (κ3) is 2.52. The Morgan fingerprint density at radius 3 is 2.81 bits per heavy atom. The summed E-state index contributed by atoms with van der Waals surface area (Å²) in [7, 11) is 0. The number of nitrogens with zero attached hydrogens (tertiary/aromatic N) is 1. The fraction of sp³-hybridized carbons (Fsp3) is 0.0833.